The summed E-state index contributed by atoms with van der Waals surface area (Å²) in [5, 5.41) is 3.18. The van der Waals surface area contributed by atoms with Crippen molar-refractivity contribution in [3.05, 3.63) is 12.3 Å². The van der Waals surface area contributed by atoms with Gasteiger partial charge in [0.2, 0.25) is 5.91 Å². The molecule has 0 aliphatic heterocycles. The molecule has 0 aliphatic carbocycles. The average Bonchev–Trinajstić information content (AvgIpc) is 2.31. The van der Waals surface area contributed by atoms with Crippen molar-refractivity contribution in [3.63, 3.8) is 0 Å². The van der Waals surface area contributed by atoms with E-state index in [4.69, 9.17) is 5.73 Å². The molecule has 1 unspecified atom stereocenters. The van der Waals surface area contributed by atoms with E-state index in [0.717, 1.165) is 12.1 Å². The number of amides is 1. The van der Waals surface area contributed by atoms with E-state index in [1.54, 1.807) is 0 Å². The van der Waals surface area contributed by atoms with E-state index in [9.17, 15) is 9.59 Å². The maximum absolute atomic E-state index is 11.6. The lowest BCUT2D eigenvalue weighted by Gasteiger charge is -2.35. The van der Waals surface area contributed by atoms with E-state index < -0.39 is 0 Å². The summed E-state index contributed by atoms with van der Waals surface area (Å²) < 4.78 is 0. The first-order valence-corrected chi connectivity index (χ1v) is 6.87. The molecule has 110 valence electrons. The zero-order valence-corrected chi connectivity index (χ0v) is 12.9. The smallest absolute Gasteiger partial charge is 0.217 e. The van der Waals surface area contributed by atoms with Gasteiger partial charge in [-0.05, 0) is 19.3 Å². The van der Waals surface area contributed by atoms with Gasteiger partial charge in [-0.1, -0.05) is 40.7 Å². The number of carbonyl (C=O) groups is 2. The molecule has 4 heteroatoms. The van der Waals surface area contributed by atoms with Gasteiger partial charge in [0.05, 0.1) is 6.04 Å². The Balaban J connectivity index is 4.72. The Labute approximate surface area is 116 Å². The highest BCUT2D eigenvalue weighted by molar-refractivity contribution is 5.82. The number of primary amides is 1. The van der Waals surface area contributed by atoms with Gasteiger partial charge in [-0.3, -0.25) is 9.59 Å². The molecule has 19 heavy (non-hydrogen) atoms. The first-order chi connectivity index (χ1) is 8.62. The monoisotopic (exact) mass is 268 g/mol. The van der Waals surface area contributed by atoms with Crippen LogP contribution in [0.4, 0.5) is 0 Å². The van der Waals surface area contributed by atoms with Crippen LogP contribution in [-0.4, -0.2) is 17.7 Å². The molecule has 0 bridgehead atoms. The third-order valence-electron chi connectivity index (χ3n) is 4.14. The first kappa shape index (κ1) is 17.7. The molecule has 0 heterocycles. The fourth-order valence-corrected chi connectivity index (χ4v) is 1.87. The minimum absolute atomic E-state index is 0.00218. The molecular weight excluding hydrogens is 240 g/mol. The number of hydrogen-bond donors (Lipinski definition) is 2. The predicted molar refractivity (Wildman–Crippen MR) is 78.4 cm³/mol. The van der Waals surface area contributed by atoms with Crippen LogP contribution in [0.1, 0.15) is 53.9 Å². The summed E-state index contributed by atoms with van der Waals surface area (Å²) in [6.45, 7) is 14.1. The fourth-order valence-electron chi connectivity index (χ4n) is 1.87. The number of Topliss-reactive ketones (excluding diaryl/α,β-unsaturated/α-hetero) is 1. The molecule has 0 aliphatic rings. The Kier molecular flexibility index (Phi) is 6.81. The summed E-state index contributed by atoms with van der Waals surface area (Å²) in [5.74, 6) is 0.0680. The quantitative estimate of drug-likeness (QED) is 0.674. The molecule has 0 spiro atoms. The Bertz CT molecular complexity index is 348. The normalized spacial score (nSPS) is 14.6. The van der Waals surface area contributed by atoms with E-state index in [1.807, 2.05) is 0 Å². The third-order valence-corrected chi connectivity index (χ3v) is 4.14. The van der Waals surface area contributed by atoms with E-state index in [-0.39, 0.29) is 29.6 Å². The molecule has 0 saturated carbocycles. The summed E-state index contributed by atoms with van der Waals surface area (Å²) in [4.78, 5) is 22.4. The van der Waals surface area contributed by atoms with Crippen molar-refractivity contribution in [3.8, 4) is 0 Å². The lowest BCUT2D eigenvalue weighted by Crippen LogP contribution is -2.41. The molecule has 2 atom stereocenters. The number of nitrogens with one attached hydrogen (secondary N) is 1. The number of rotatable bonds is 9. The van der Waals surface area contributed by atoms with Crippen LogP contribution in [0.25, 0.3) is 0 Å². The fraction of sp³-hybridized carbons (Fsp3) is 0.733. The van der Waals surface area contributed by atoms with Crippen LogP contribution in [0, 0.1) is 11.3 Å². The van der Waals surface area contributed by atoms with Crippen molar-refractivity contribution in [1.82, 2.24) is 5.32 Å². The highest BCUT2D eigenvalue weighted by atomic mass is 16.1. The van der Waals surface area contributed by atoms with Crippen molar-refractivity contribution in [1.29, 1.82) is 0 Å². The van der Waals surface area contributed by atoms with Crippen molar-refractivity contribution in [2.24, 2.45) is 17.1 Å². The van der Waals surface area contributed by atoms with Gasteiger partial charge in [0, 0.05) is 17.5 Å². The molecule has 0 radical (unpaired) electrons. The molecule has 3 N–H and O–H groups in total. The van der Waals surface area contributed by atoms with Gasteiger partial charge in [-0.15, -0.1) is 0 Å². The molecule has 4 nitrogen and oxygen atoms in total. The minimum Gasteiger partial charge on any atom is -0.379 e. The topological polar surface area (TPSA) is 72.2 Å². The maximum Gasteiger partial charge on any atom is 0.217 e. The van der Waals surface area contributed by atoms with E-state index >= 15 is 0 Å². The third kappa shape index (κ3) is 5.45. The Morgan fingerprint density at radius 2 is 1.89 bits per heavy atom. The Morgan fingerprint density at radius 3 is 2.26 bits per heavy atom. The van der Waals surface area contributed by atoms with E-state index in [1.165, 1.54) is 6.92 Å². The Hall–Kier alpha value is -1.32. The first-order valence-electron chi connectivity index (χ1n) is 6.87. The molecule has 1 amide bonds. The summed E-state index contributed by atoms with van der Waals surface area (Å²) in [7, 11) is 0. The van der Waals surface area contributed by atoms with Gasteiger partial charge in [0.1, 0.15) is 0 Å². The number of carbonyl (C=O) groups excluding carboxylic acids is 2. The second kappa shape index (κ2) is 7.31. The summed E-state index contributed by atoms with van der Waals surface area (Å²) in [6, 6.07) is -0.386. The zero-order chi connectivity index (χ0) is 15.2. The second-order valence-corrected chi connectivity index (χ2v) is 5.82. The number of nitrogens with two attached hydrogens (primary N) is 1. The molecule has 0 rings (SSSR count). The highest BCUT2D eigenvalue weighted by Crippen LogP contribution is 2.34. The average molecular weight is 268 g/mol. The van der Waals surface area contributed by atoms with E-state index in [2.05, 4.69) is 39.6 Å². The summed E-state index contributed by atoms with van der Waals surface area (Å²) >= 11 is 0. The maximum atomic E-state index is 11.6. The van der Waals surface area contributed by atoms with Crippen molar-refractivity contribution in [2.75, 3.05) is 0 Å². The van der Waals surface area contributed by atoms with Crippen LogP contribution in [-0.2, 0) is 9.59 Å². The highest BCUT2D eigenvalue weighted by Gasteiger charge is 2.29. The van der Waals surface area contributed by atoms with Gasteiger partial charge in [-0.2, -0.15) is 0 Å². The van der Waals surface area contributed by atoms with Crippen molar-refractivity contribution >= 4 is 11.7 Å². The molecule has 0 aromatic heterocycles. The number of hydrogen-bond acceptors (Lipinski definition) is 3. The standard InChI is InChI=1S/C15H28N2O2/c1-7-10(2)15(5,6)12(4)17-13(11(3)18)8-9-14(16)19/h10,13,17H,4,7-9H2,1-3,5-6H3,(H2,16,19)/t10?,13-/m0/s1. The molecule has 0 aromatic carbocycles. The van der Waals surface area contributed by atoms with Crippen LogP contribution in [0.5, 0.6) is 0 Å². The van der Waals surface area contributed by atoms with Crippen LogP contribution in [0.15, 0.2) is 12.3 Å². The SMILES string of the molecule is C=C(N[C@@H](CCC(N)=O)C(C)=O)C(C)(C)C(C)CC. The molecule has 0 fully saturated rings. The van der Waals surface area contributed by atoms with Gasteiger partial charge in [0.15, 0.2) is 5.78 Å². The van der Waals surface area contributed by atoms with Crippen molar-refractivity contribution < 1.29 is 9.59 Å². The van der Waals surface area contributed by atoms with Gasteiger partial charge < -0.3 is 11.1 Å². The molecule has 0 aromatic rings. The van der Waals surface area contributed by atoms with Crippen LogP contribution in [0.2, 0.25) is 0 Å². The molecule has 0 saturated heterocycles. The van der Waals surface area contributed by atoms with Crippen molar-refractivity contribution in [2.45, 2.75) is 59.9 Å². The van der Waals surface area contributed by atoms with Gasteiger partial charge in [0.25, 0.3) is 0 Å². The van der Waals surface area contributed by atoms with E-state index in [0.29, 0.717) is 12.3 Å². The van der Waals surface area contributed by atoms with Crippen LogP contribution < -0.4 is 11.1 Å². The summed E-state index contributed by atoms with van der Waals surface area (Å²) in [5.41, 5.74) is 5.86. The lowest BCUT2D eigenvalue weighted by atomic mass is 9.76. The minimum atomic E-state index is -0.389. The van der Waals surface area contributed by atoms with Gasteiger partial charge >= 0.3 is 0 Å². The largest absolute Gasteiger partial charge is 0.379 e. The molecular formula is C15H28N2O2. The summed E-state index contributed by atoms with van der Waals surface area (Å²) in [6.07, 6.45) is 1.66. The number of ketones is 1. The predicted octanol–water partition coefficient (Wildman–Crippen LogP) is 2.39. The van der Waals surface area contributed by atoms with Crippen LogP contribution >= 0.6 is 0 Å². The Morgan fingerprint density at radius 1 is 1.37 bits per heavy atom. The van der Waals surface area contributed by atoms with Crippen LogP contribution in [0.3, 0.4) is 0 Å². The lowest BCUT2D eigenvalue weighted by molar-refractivity contribution is -0.120. The van der Waals surface area contributed by atoms with Gasteiger partial charge in [-0.25, -0.2) is 0 Å². The zero-order valence-electron chi connectivity index (χ0n) is 12.9. The second-order valence-electron chi connectivity index (χ2n) is 5.82. The number of allylic oxidation sites excluding steroid dienone is 1.